The van der Waals surface area contributed by atoms with Crippen molar-refractivity contribution in [3.63, 3.8) is 0 Å². The van der Waals surface area contributed by atoms with Gasteiger partial charge in [0.2, 0.25) is 0 Å². The summed E-state index contributed by atoms with van der Waals surface area (Å²) < 4.78 is 10.9. The maximum Gasteiger partial charge on any atom is 0.193 e. The van der Waals surface area contributed by atoms with Crippen molar-refractivity contribution in [2.75, 3.05) is 32.6 Å². The molecule has 1 saturated carbocycles. The number of methoxy groups -OCH3 is 1. The Labute approximate surface area is 231 Å². The Morgan fingerprint density at radius 3 is 2.62 bits per heavy atom. The number of nitrogens with two attached hydrogens (primary N) is 1. The Morgan fingerprint density at radius 1 is 1.10 bits per heavy atom. The SMILES string of the molecule is CNCCOc1cc(CCC=CC(=O)CCc2ccc(O)c(OC)c2)cc(NC(N)=NC2CCCCC2)c1O. The number of ether oxygens (including phenoxy) is 2. The highest BCUT2D eigenvalue weighted by atomic mass is 16.5. The summed E-state index contributed by atoms with van der Waals surface area (Å²) >= 11 is 0. The molecule has 0 amide bonds. The molecule has 0 aliphatic heterocycles. The number of phenolic OH excluding ortho intramolecular Hbond substituents is 2. The van der Waals surface area contributed by atoms with Gasteiger partial charge in [0.05, 0.1) is 18.8 Å². The summed E-state index contributed by atoms with van der Waals surface area (Å²) in [6.07, 6.45) is 11.3. The Bertz CT molecular complexity index is 1140. The van der Waals surface area contributed by atoms with Gasteiger partial charge in [-0.25, -0.2) is 4.99 Å². The van der Waals surface area contributed by atoms with Crippen molar-refractivity contribution in [1.29, 1.82) is 0 Å². The highest BCUT2D eigenvalue weighted by Gasteiger charge is 2.15. The van der Waals surface area contributed by atoms with Gasteiger partial charge in [-0.3, -0.25) is 4.79 Å². The van der Waals surface area contributed by atoms with Crippen molar-refractivity contribution in [3.05, 3.63) is 53.6 Å². The van der Waals surface area contributed by atoms with Gasteiger partial charge in [0.1, 0.15) is 6.61 Å². The molecule has 1 aliphatic rings. The first-order valence-electron chi connectivity index (χ1n) is 13.7. The third kappa shape index (κ3) is 9.83. The molecule has 0 radical (unpaired) electrons. The van der Waals surface area contributed by atoms with Crippen molar-refractivity contribution in [1.82, 2.24) is 5.32 Å². The van der Waals surface area contributed by atoms with Gasteiger partial charge < -0.3 is 36.1 Å². The molecule has 9 heteroatoms. The van der Waals surface area contributed by atoms with E-state index in [0.717, 1.165) is 36.8 Å². The highest BCUT2D eigenvalue weighted by molar-refractivity contribution is 5.94. The van der Waals surface area contributed by atoms with Gasteiger partial charge >= 0.3 is 0 Å². The van der Waals surface area contributed by atoms with Gasteiger partial charge in [0.25, 0.3) is 0 Å². The summed E-state index contributed by atoms with van der Waals surface area (Å²) in [4.78, 5) is 17.0. The van der Waals surface area contributed by atoms with Gasteiger partial charge in [-0.05, 0) is 80.6 Å². The van der Waals surface area contributed by atoms with Crippen LogP contribution in [0.5, 0.6) is 23.0 Å². The average Bonchev–Trinajstić information content (AvgIpc) is 2.93. The van der Waals surface area contributed by atoms with E-state index < -0.39 is 0 Å². The van der Waals surface area contributed by atoms with E-state index >= 15 is 0 Å². The van der Waals surface area contributed by atoms with Crippen LogP contribution in [0.25, 0.3) is 0 Å². The predicted octanol–water partition coefficient (Wildman–Crippen LogP) is 4.45. The number of phenols is 2. The van der Waals surface area contributed by atoms with E-state index in [1.807, 2.05) is 25.3 Å². The summed E-state index contributed by atoms with van der Waals surface area (Å²) in [6.45, 7) is 1.04. The van der Waals surface area contributed by atoms with Crippen LogP contribution in [0.4, 0.5) is 5.69 Å². The summed E-state index contributed by atoms with van der Waals surface area (Å²) in [5.41, 5.74) is 8.50. The third-order valence-electron chi connectivity index (χ3n) is 6.71. The number of hydrogen-bond donors (Lipinski definition) is 5. The Balaban J connectivity index is 1.60. The van der Waals surface area contributed by atoms with E-state index in [1.54, 1.807) is 24.3 Å². The van der Waals surface area contributed by atoms with Gasteiger partial charge in [0.15, 0.2) is 34.7 Å². The number of ketones is 1. The van der Waals surface area contributed by atoms with Crippen LogP contribution >= 0.6 is 0 Å². The second-order valence-corrected chi connectivity index (χ2v) is 9.79. The molecule has 6 N–H and O–H groups in total. The fraction of sp³-hybridized carbons (Fsp3) is 0.467. The molecule has 212 valence electrons. The van der Waals surface area contributed by atoms with E-state index in [0.29, 0.717) is 56.0 Å². The van der Waals surface area contributed by atoms with Crippen LogP contribution < -0.4 is 25.8 Å². The van der Waals surface area contributed by atoms with Crippen LogP contribution in [0, 0.1) is 0 Å². The second-order valence-electron chi connectivity index (χ2n) is 9.79. The van der Waals surface area contributed by atoms with E-state index in [1.165, 1.54) is 13.5 Å². The number of likely N-dealkylation sites (N-methyl/N-ethyl adjacent to an activating group) is 1. The van der Waals surface area contributed by atoms with Crippen molar-refractivity contribution in [2.45, 2.75) is 63.8 Å². The smallest absolute Gasteiger partial charge is 0.193 e. The first kappa shape index (κ1) is 29.8. The summed E-state index contributed by atoms with van der Waals surface area (Å²) in [7, 11) is 3.33. The topological polar surface area (TPSA) is 138 Å². The number of aromatic hydroxyl groups is 2. The minimum Gasteiger partial charge on any atom is -0.504 e. The molecule has 3 rings (SSSR count). The van der Waals surface area contributed by atoms with Crippen LogP contribution in [-0.2, 0) is 17.6 Å². The molecule has 0 saturated heterocycles. The first-order chi connectivity index (χ1) is 18.9. The molecule has 0 unspecified atom stereocenters. The molecule has 0 heterocycles. The molecule has 2 aromatic carbocycles. The number of anilines is 1. The zero-order valence-electron chi connectivity index (χ0n) is 23.0. The summed E-state index contributed by atoms with van der Waals surface area (Å²) in [5, 5.41) is 26.6. The van der Waals surface area contributed by atoms with Gasteiger partial charge in [0, 0.05) is 13.0 Å². The Kier molecular flexibility index (Phi) is 12.0. The number of benzene rings is 2. The summed E-state index contributed by atoms with van der Waals surface area (Å²) in [6, 6.07) is 8.97. The van der Waals surface area contributed by atoms with E-state index in [4.69, 9.17) is 15.2 Å². The van der Waals surface area contributed by atoms with Gasteiger partial charge in [-0.2, -0.15) is 0 Å². The minimum atomic E-state index is -0.00627. The number of nitrogens with one attached hydrogen (secondary N) is 2. The molecular weight excluding hydrogens is 496 g/mol. The van der Waals surface area contributed by atoms with Gasteiger partial charge in [-0.1, -0.05) is 31.4 Å². The largest absolute Gasteiger partial charge is 0.504 e. The summed E-state index contributed by atoms with van der Waals surface area (Å²) in [5.74, 6) is 1.16. The normalized spacial score (nSPS) is 14.5. The molecule has 0 spiro atoms. The lowest BCUT2D eigenvalue weighted by molar-refractivity contribution is -0.114. The molecule has 0 atom stereocenters. The van der Waals surface area contributed by atoms with Crippen LogP contribution in [-0.4, -0.2) is 55.3 Å². The number of carbonyl (C=O) groups excluding carboxylic acids is 1. The number of allylic oxidation sites excluding steroid dienone is 2. The van der Waals surface area contributed by atoms with Crippen molar-refractivity contribution < 1.29 is 24.5 Å². The molecule has 1 fully saturated rings. The average molecular weight is 539 g/mol. The minimum absolute atomic E-state index is 0.00627. The molecular formula is C30H42N4O5. The molecule has 0 bridgehead atoms. The lowest BCUT2D eigenvalue weighted by Gasteiger charge is -2.19. The van der Waals surface area contributed by atoms with Crippen molar-refractivity contribution in [2.24, 2.45) is 10.7 Å². The third-order valence-corrected chi connectivity index (χ3v) is 6.71. The molecule has 9 nitrogen and oxygen atoms in total. The van der Waals surface area contributed by atoms with Crippen LogP contribution in [0.2, 0.25) is 0 Å². The van der Waals surface area contributed by atoms with Crippen LogP contribution in [0.3, 0.4) is 0 Å². The highest BCUT2D eigenvalue weighted by Crippen LogP contribution is 2.36. The molecule has 2 aromatic rings. The monoisotopic (exact) mass is 538 g/mol. The zero-order valence-corrected chi connectivity index (χ0v) is 23.0. The van der Waals surface area contributed by atoms with E-state index in [2.05, 4.69) is 15.6 Å². The standard InChI is InChI=1S/C30H42N4O5/c1-32-16-17-39-28-20-22(18-25(29(28)37)34-30(31)33-23-9-4-3-5-10-23)8-6-7-11-24(35)14-12-21-13-15-26(36)27(19-21)38-2/h7,11,13,15,18-20,23,32,36-37H,3-6,8-10,12,14,16-17H2,1-2H3,(H3,31,33,34). The predicted molar refractivity (Wildman–Crippen MR) is 155 cm³/mol. The molecule has 1 aliphatic carbocycles. The fourth-order valence-electron chi connectivity index (χ4n) is 4.55. The number of aliphatic imine (C=N–C) groups is 1. The maximum absolute atomic E-state index is 12.4. The fourth-order valence-corrected chi connectivity index (χ4v) is 4.55. The number of aryl methyl sites for hydroxylation is 2. The number of rotatable bonds is 14. The number of nitrogens with zero attached hydrogens (tertiary/aromatic N) is 1. The Hall–Kier alpha value is -3.72. The quantitative estimate of drug-likeness (QED) is 0.0782. The first-order valence-corrected chi connectivity index (χ1v) is 13.7. The van der Waals surface area contributed by atoms with Crippen molar-refractivity contribution >= 4 is 17.4 Å². The number of carbonyl (C=O) groups is 1. The zero-order chi connectivity index (χ0) is 28.0. The van der Waals surface area contributed by atoms with Crippen molar-refractivity contribution in [3.8, 4) is 23.0 Å². The van der Waals surface area contributed by atoms with E-state index in [9.17, 15) is 15.0 Å². The van der Waals surface area contributed by atoms with Crippen LogP contribution in [0.15, 0.2) is 47.5 Å². The maximum atomic E-state index is 12.4. The lowest BCUT2D eigenvalue weighted by Crippen LogP contribution is -2.26. The van der Waals surface area contributed by atoms with Crippen LogP contribution in [0.1, 0.15) is 56.1 Å². The lowest BCUT2D eigenvalue weighted by atomic mass is 9.96. The number of guanidine groups is 1. The molecule has 39 heavy (non-hydrogen) atoms. The molecule has 0 aromatic heterocycles. The second kappa shape index (κ2) is 15.6. The van der Waals surface area contributed by atoms with E-state index in [-0.39, 0.29) is 29.3 Å². The van der Waals surface area contributed by atoms with Gasteiger partial charge in [-0.15, -0.1) is 0 Å². The Morgan fingerprint density at radius 2 is 1.87 bits per heavy atom. The number of hydrogen-bond acceptors (Lipinski definition) is 7.